The summed E-state index contributed by atoms with van der Waals surface area (Å²) in [4.78, 5) is 5.79. The number of halogens is 1. The SMILES string of the molecule is CC1CN(S(=O)(=O)c2ncccc2F)CC(C)N1C. The van der Waals surface area contributed by atoms with Gasteiger partial charge in [0.15, 0.2) is 5.82 Å². The predicted octanol–water partition coefficient (Wildman–Crippen LogP) is 0.934. The monoisotopic (exact) mass is 287 g/mol. The topological polar surface area (TPSA) is 53.5 Å². The molecule has 2 rings (SSSR count). The lowest BCUT2D eigenvalue weighted by Gasteiger charge is -2.41. The number of likely N-dealkylation sites (N-methyl/N-ethyl adjacent to an activating group) is 1. The number of rotatable bonds is 2. The molecule has 1 saturated heterocycles. The Hall–Kier alpha value is -1.05. The molecular formula is C12H18FN3O2S. The van der Waals surface area contributed by atoms with Crippen LogP contribution in [0.2, 0.25) is 0 Å². The van der Waals surface area contributed by atoms with Crippen molar-refractivity contribution in [2.24, 2.45) is 0 Å². The number of piperazine rings is 1. The molecule has 2 atom stereocenters. The molecule has 5 nitrogen and oxygen atoms in total. The summed E-state index contributed by atoms with van der Waals surface area (Å²) in [6.45, 7) is 4.60. The van der Waals surface area contributed by atoms with Crippen molar-refractivity contribution in [1.29, 1.82) is 0 Å². The van der Waals surface area contributed by atoms with Gasteiger partial charge in [-0.05, 0) is 33.0 Å². The van der Waals surface area contributed by atoms with Crippen LogP contribution in [0.15, 0.2) is 23.4 Å². The van der Waals surface area contributed by atoms with Gasteiger partial charge < -0.3 is 0 Å². The van der Waals surface area contributed by atoms with Crippen molar-refractivity contribution < 1.29 is 12.8 Å². The van der Waals surface area contributed by atoms with Gasteiger partial charge in [0.05, 0.1) is 0 Å². The Morgan fingerprint density at radius 1 is 1.32 bits per heavy atom. The van der Waals surface area contributed by atoms with E-state index in [1.54, 1.807) is 0 Å². The molecule has 1 fully saturated rings. The number of hydrogen-bond donors (Lipinski definition) is 0. The van der Waals surface area contributed by atoms with Gasteiger partial charge in [0.1, 0.15) is 0 Å². The summed E-state index contributed by atoms with van der Waals surface area (Å²) in [5, 5.41) is -0.487. The van der Waals surface area contributed by atoms with Crippen molar-refractivity contribution in [2.45, 2.75) is 31.0 Å². The van der Waals surface area contributed by atoms with Crippen LogP contribution in [0.1, 0.15) is 13.8 Å². The van der Waals surface area contributed by atoms with E-state index in [-0.39, 0.29) is 12.1 Å². The molecule has 2 unspecified atom stereocenters. The van der Waals surface area contributed by atoms with Crippen LogP contribution < -0.4 is 0 Å². The van der Waals surface area contributed by atoms with Gasteiger partial charge in [-0.2, -0.15) is 4.31 Å². The minimum absolute atomic E-state index is 0.0882. The third kappa shape index (κ3) is 2.63. The molecule has 19 heavy (non-hydrogen) atoms. The lowest BCUT2D eigenvalue weighted by Crippen LogP contribution is -2.56. The van der Waals surface area contributed by atoms with Gasteiger partial charge in [0.2, 0.25) is 5.03 Å². The van der Waals surface area contributed by atoms with E-state index in [1.165, 1.54) is 16.6 Å². The van der Waals surface area contributed by atoms with Gasteiger partial charge in [0, 0.05) is 31.4 Å². The first-order valence-electron chi connectivity index (χ1n) is 6.16. The van der Waals surface area contributed by atoms with Gasteiger partial charge >= 0.3 is 0 Å². The number of sulfonamides is 1. The Morgan fingerprint density at radius 2 is 1.89 bits per heavy atom. The van der Waals surface area contributed by atoms with Crippen molar-refractivity contribution >= 4 is 10.0 Å². The first kappa shape index (κ1) is 14.4. The van der Waals surface area contributed by atoms with E-state index in [4.69, 9.17) is 0 Å². The number of hydrogen-bond acceptors (Lipinski definition) is 4. The van der Waals surface area contributed by atoms with Crippen molar-refractivity contribution in [3.05, 3.63) is 24.1 Å². The predicted molar refractivity (Wildman–Crippen MR) is 69.6 cm³/mol. The van der Waals surface area contributed by atoms with Gasteiger partial charge in [-0.3, -0.25) is 4.90 Å². The van der Waals surface area contributed by atoms with Crippen LogP contribution in [0.4, 0.5) is 4.39 Å². The van der Waals surface area contributed by atoms with Crippen LogP contribution in [-0.2, 0) is 10.0 Å². The Labute approximate surface area is 113 Å². The second kappa shape index (κ2) is 5.15. The maximum atomic E-state index is 13.6. The van der Waals surface area contributed by atoms with Crippen LogP contribution in [-0.4, -0.2) is 54.8 Å². The van der Waals surface area contributed by atoms with Crippen molar-refractivity contribution in [3.63, 3.8) is 0 Å². The zero-order valence-corrected chi connectivity index (χ0v) is 12.1. The maximum Gasteiger partial charge on any atom is 0.263 e. The van der Waals surface area contributed by atoms with E-state index >= 15 is 0 Å². The quantitative estimate of drug-likeness (QED) is 0.812. The molecule has 1 aliphatic rings. The standard InChI is InChI=1S/C12H18FN3O2S/c1-9-7-16(8-10(2)15(9)3)19(17,18)12-11(13)5-4-6-14-12/h4-6,9-10H,7-8H2,1-3H3. The first-order chi connectivity index (χ1) is 8.84. The molecule has 1 aliphatic heterocycles. The van der Waals surface area contributed by atoms with E-state index in [1.807, 2.05) is 20.9 Å². The highest BCUT2D eigenvalue weighted by atomic mass is 32.2. The fourth-order valence-electron chi connectivity index (χ4n) is 2.24. The van der Waals surface area contributed by atoms with Gasteiger partial charge in [-0.1, -0.05) is 0 Å². The molecule has 0 N–H and O–H groups in total. The summed E-state index contributed by atoms with van der Waals surface area (Å²) in [6.07, 6.45) is 1.29. The Bertz CT molecular complexity index is 552. The average Bonchev–Trinajstić information content (AvgIpc) is 2.35. The third-order valence-electron chi connectivity index (χ3n) is 3.64. The summed E-state index contributed by atoms with van der Waals surface area (Å²) in [5.41, 5.74) is 0. The molecule has 0 spiro atoms. The molecular weight excluding hydrogens is 269 g/mol. The minimum Gasteiger partial charge on any atom is -0.298 e. The van der Waals surface area contributed by atoms with Crippen molar-refractivity contribution in [2.75, 3.05) is 20.1 Å². The van der Waals surface area contributed by atoms with Crippen LogP contribution >= 0.6 is 0 Å². The lowest BCUT2D eigenvalue weighted by atomic mass is 10.1. The summed E-state index contributed by atoms with van der Waals surface area (Å²) in [5.74, 6) is -0.804. The normalized spacial score (nSPS) is 26.5. The molecule has 0 radical (unpaired) electrons. The van der Waals surface area contributed by atoms with Gasteiger partial charge in [0.25, 0.3) is 10.0 Å². The summed E-state index contributed by atoms with van der Waals surface area (Å²) >= 11 is 0. The Morgan fingerprint density at radius 3 is 2.42 bits per heavy atom. The van der Waals surface area contributed by atoms with E-state index < -0.39 is 20.9 Å². The first-order valence-corrected chi connectivity index (χ1v) is 7.60. The fraction of sp³-hybridized carbons (Fsp3) is 0.583. The van der Waals surface area contributed by atoms with Crippen molar-refractivity contribution in [1.82, 2.24) is 14.2 Å². The van der Waals surface area contributed by atoms with Gasteiger partial charge in [-0.25, -0.2) is 17.8 Å². The second-order valence-electron chi connectivity index (χ2n) is 4.98. The highest BCUT2D eigenvalue weighted by Crippen LogP contribution is 2.22. The molecule has 0 bridgehead atoms. The van der Waals surface area contributed by atoms with Crippen LogP contribution in [0, 0.1) is 5.82 Å². The van der Waals surface area contributed by atoms with Crippen LogP contribution in [0.5, 0.6) is 0 Å². The molecule has 106 valence electrons. The largest absolute Gasteiger partial charge is 0.298 e. The molecule has 7 heteroatoms. The second-order valence-corrected chi connectivity index (χ2v) is 6.83. The number of nitrogens with zero attached hydrogens (tertiary/aromatic N) is 3. The van der Waals surface area contributed by atoms with Crippen LogP contribution in [0.25, 0.3) is 0 Å². The van der Waals surface area contributed by atoms with Crippen LogP contribution in [0.3, 0.4) is 0 Å². The summed E-state index contributed by atoms with van der Waals surface area (Å²) in [6, 6.07) is 2.67. The van der Waals surface area contributed by atoms with E-state index in [9.17, 15) is 12.8 Å². The average molecular weight is 287 g/mol. The molecule has 0 amide bonds. The molecule has 0 aromatic carbocycles. The zero-order valence-electron chi connectivity index (χ0n) is 11.2. The molecule has 0 saturated carbocycles. The van der Waals surface area contributed by atoms with Crippen molar-refractivity contribution in [3.8, 4) is 0 Å². The van der Waals surface area contributed by atoms with E-state index in [2.05, 4.69) is 9.88 Å². The molecule has 2 heterocycles. The third-order valence-corrected chi connectivity index (χ3v) is 5.40. The highest BCUT2D eigenvalue weighted by Gasteiger charge is 2.36. The summed E-state index contributed by atoms with van der Waals surface area (Å²) < 4.78 is 39.8. The summed E-state index contributed by atoms with van der Waals surface area (Å²) in [7, 11) is -1.90. The Kier molecular flexibility index (Phi) is 3.89. The number of aromatic nitrogens is 1. The Balaban J connectivity index is 2.34. The molecule has 0 aliphatic carbocycles. The molecule has 1 aromatic heterocycles. The molecule has 1 aromatic rings. The maximum absolute atomic E-state index is 13.6. The number of pyridine rings is 1. The van der Waals surface area contributed by atoms with E-state index in [0.29, 0.717) is 13.1 Å². The highest BCUT2D eigenvalue weighted by molar-refractivity contribution is 7.89. The van der Waals surface area contributed by atoms with E-state index in [0.717, 1.165) is 6.07 Å². The fourth-order valence-corrected chi connectivity index (χ4v) is 3.81. The van der Waals surface area contributed by atoms with Gasteiger partial charge in [-0.15, -0.1) is 0 Å². The smallest absolute Gasteiger partial charge is 0.263 e. The minimum atomic E-state index is -3.86. The zero-order chi connectivity index (χ0) is 14.2. The lowest BCUT2D eigenvalue weighted by molar-refractivity contribution is 0.105.